The van der Waals surface area contributed by atoms with Gasteiger partial charge in [-0.1, -0.05) is 35.0 Å². The minimum absolute atomic E-state index is 0.258. The maximum absolute atomic E-state index is 13.0. The van der Waals surface area contributed by atoms with E-state index in [4.69, 9.17) is 10.3 Å². The zero-order chi connectivity index (χ0) is 14.1. The van der Waals surface area contributed by atoms with Gasteiger partial charge in [0.1, 0.15) is 11.5 Å². The Morgan fingerprint density at radius 1 is 0.950 bits per heavy atom. The summed E-state index contributed by atoms with van der Waals surface area (Å²) in [6, 6.07) is 14.0. The summed E-state index contributed by atoms with van der Waals surface area (Å²) >= 11 is 0. The largest absolute Gasteiger partial charge is 0.367 e. The van der Waals surface area contributed by atoms with Gasteiger partial charge in [0.05, 0.1) is 5.56 Å². The molecule has 0 fully saturated rings. The molecule has 0 unspecified atom stereocenters. The monoisotopic (exact) mass is 268 g/mol. The summed E-state index contributed by atoms with van der Waals surface area (Å²) in [5, 5.41) is 3.99. The molecule has 0 bridgehead atoms. The Balaban J connectivity index is 2.14. The van der Waals surface area contributed by atoms with Crippen molar-refractivity contribution in [3.63, 3.8) is 0 Å². The van der Waals surface area contributed by atoms with Crippen molar-refractivity contribution >= 4 is 5.88 Å². The van der Waals surface area contributed by atoms with Crippen LogP contribution in [0.1, 0.15) is 5.56 Å². The normalized spacial score (nSPS) is 10.7. The molecule has 0 spiro atoms. The highest BCUT2D eigenvalue weighted by molar-refractivity contribution is 5.86. The lowest BCUT2D eigenvalue weighted by molar-refractivity contribution is 0.439. The molecule has 0 atom stereocenters. The number of benzene rings is 2. The van der Waals surface area contributed by atoms with Gasteiger partial charge in [0.25, 0.3) is 0 Å². The summed E-state index contributed by atoms with van der Waals surface area (Å²) in [6.07, 6.45) is 0. The number of rotatable bonds is 2. The summed E-state index contributed by atoms with van der Waals surface area (Å²) in [5.74, 6) is -0.0321. The van der Waals surface area contributed by atoms with Gasteiger partial charge in [0, 0.05) is 5.56 Å². The van der Waals surface area contributed by atoms with E-state index < -0.39 is 0 Å². The van der Waals surface area contributed by atoms with Crippen LogP contribution < -0.4 is 5.73 Å². The summed E-state index contributed by atoms with van der Waals surface area (Å²) in [6.45, 7) is 2.02. The van der Waals surface area contributed by atoms with Crippen molar-refractivity contribution in [1.82, 2.24) is 5.16 Å². The van der Waals surface area contributed by atoms with Crippen molar-refractivity contribution in [3.05, 3.63) is 59.9 Å². The van der Waals surface area contributed by atoms with E-state index in [9.17, 15) is 4.39 Å². The molecule has 2 N–H and O–H groups in total. The van der Waals surface area contributed by atoms with Crippen LogP contribution >= 0.6 is 0 Å². The first-order valence-corrected chi connectivity index (χ1v) is 6.23. The van der Waals surface area contributed by atoms with Gasteiger partial charge in [-0.25, -0.2) is 4.39 Å². The van der Waals surface area contributed by atoms with Crippen LogP contribution in [0.25, 0.3) is 22.4 Å². The summed E-state index contributed by atoms with van der Waals surface area (Å²) < 4.78 is 18.1. The zero-order valence-electron chi connectivity index (χ0n) is 10.9. The van der Waals surface area contributed by atoms with Crippen LogP contribution in [0.5, 0.6) is 0 Å². The first kappa shape index (κ1) is 12.4. The third kappa shape index (κ3) is 2.16. The van der Waals surface area contributed by atoms with E-state index in [1.807, 2.05) is 31.2 Å². The number of hydrogen-bond acceptors (Lipinski definition) is 3. The highest BCUT2D eigenvalue weighted by atomic mass is 19.1. The molecule has 100 valence electrons. The third-order valence-electron chi connectivity index (χ3n) is 3.18. The fourth-order valence-corrected chi connectivity index (χ4v) is 2.11. The Morgan fingerprint density at radius 2 is 1.55 bits per heavy atom. The number of anilines is 1. The van der Waals surface area contributed by atoms with E-state index in [2.05, 4.69) is 5.16 Å². The third-order valence-corrected chi connectivity index (χ3v) is 3.18. The molecular weight excluding hydrogens is 255 g/mol. The van der Waals surface area contributed by atoms with Gasteiger partial charge in [-0.2, -0.15) is 0 Å². The standard InChI is InChI=1S/C16H13FN2O/c1-10-2-4-11(5-3-10)14-15(19-20-16(14)18)12-6-8-13(17)9-7-12/h2-9H,18H2,1H3. The van der Waals surface area contributed by atoms with Crippen molar-refractivity contribution in [3.8, 4) is 22.4 Å². The SMILES string of the molecule is Cc1ccc(-c2c(-c3ccc(F)cc3)noc2N)cc1. The second-order valence-electron chi connectivity index (χ2n) is 4.64. The maximum Gasteiger partial charge on any atom is 0.230 e. The number of aromatic nitrogens is 1. The van der Waals surface area contributed by atoms with Gasteiger partial charge in [0.15, 0.2) is 0 Å². The first-order valence-electron chi connectivity index (χ1n) is 6.23. The Hall–Kier alpha value is -2.62. The molecule has 1 heterocycles. The molecule has 3 aromatic rings. The van der Waals surface area contributed by atoms with Crippen LogP contribution in [-0.4, -0.2) is 5.16 Å². The second kappa shape index (κ2) is 4.81. The number of nitrogens with zero attached hydrogens (tertiary/aromatic N) is 1. The van der Waals surface area contributed by atoms with Gasteiger partial charge in [-0.05, 0) is 36.8 Å². The molecule has 0 saturated heterocycles. The van der Waals surface area contributed by atoms with E-state index in [1.54, 1.807) is 12.1 Å². The van der Waals surface area contributed by atoms with E-state index in [0.717, 1.165) is 22.3 Å². The number of nitrogen functional groups attached to an aromatic ring is 1. The lowest BCUT2D eigenvalue weighted by atomic mass is 10.00. The number of halogens is 1. The van der Waals surface area contributed by atoms with Gasteiger partial charge in [-0.3, -0.25) is 0 Å². The first-order chi connectivity index (χ1) is 9.65. The molecule has 0 saturated carbocycles. The zero-order valence-corrected chi connectivity index (χ0v) is 10.9. The second-order valence-corrected chi connectivity index (χ2v) is 4.64. The Kier molecular flexibility index (Phi) is 2.99. The molecule has 0 radical (unpaired) electrons. The highest BCUT2D eigenvalue weighted by Crippen LogP contribution is 2.36. The van der Waals surface area contributed by atoms with Gasteiger partial charge in [-0.15, -0.1) is 0 Å². The molecule has 0 aliphatic rings. The minimum Gasteiger partial charge on any atom is -0.367 e. The van der Waals surface area contributed by atoms with Crippen LogP contribution in [0.15, 0.2) is 53.1 Å². The fraction of sp³-hybridized carbons (Fsp3) is 0.0625. The topological polar surface area (TPSA) is 52.0 Å². The molecule has 0 amide bonds. The number of aryl methyl sites for hydroxylation is 1. The summed E-state index contributed by atoms with van der Waals surface area (Å²) in [4.78, 5) is 0. The molecule has 1 aromatic heterocycles. The quantitative estimate of drug-likeness (QED) is 0.763. The van der Waals surface area contributed by atoms with E-state index in [-0.39, 0.29) is 11.7 Å². The number of nitrogens with two attached hydrogens (primary N) is 1. The summed E-state index contributed by atoms with van der Waals surface area (Å²) in [5.41, 5.74) is 10.1. The highest BCUT2D eigenvalue weighted by Gasteiger charge is 2.17. The predicted octanol–water partition coefficient (Wildman–Crippen LogP) is 4.04. The minimum atomic E-state index is -0.290. The molecule has 2 aromatic carbocycles. The molecule has 0 aliphatic carbocycles. The van der Waals surface area contributed by atoms with Crippen molar-refractivity contribution in [2.45, 2.75) is 6.92 Å². The smallest absolute Gasteiger partial charge is 0.230 e. The predicted molar refractivity (Wildman–Crippen MR) is 76.5 cm³/mol. The van der Waals surface area contributed by atoms with E-state index in [1.165, 1.54) is 12.1 Å². The maximum atomic E-state index is 13.0. The van der Waals surface area contributed by atoms with Crippen molar-refractivity contribution < 1.29 is 8.91 Å². The average Bonchev–Trinajstić information content (AvgIpc) is 2.83. The van der Waals surface area contributed by atoms with Crippen LogP contribution in [0.2, 0.25) is 0 Å². The van der Waals surface area contributed by atoms with Crippen molar-refractivity contribution in [2.75, 3.05) is 5.73 Å². The van der Waals surface area contributed by atoms with Gasteiger partial charge >= 0.3 is 0 Å². The van der Waals surface area contributed by atoms with Crippen LogP contribution in [0.3, 0.4) is 0 Å². The number of hydrogen-bond donors (Lipinski definition) is 1. The Morgan fingerprint density at radius 3 is 2.20 bits per heavy atom. The molecule has 0 aliphatic heterocycles. The van der Waals surface area contributed by atoms with E-state index in [0.29, 0.717) is 5.69 Å². The van der Waals surface area contributed by atoms with Gasteiger partial charge < -0.3 is 10.3 Å². The van der Waals surface area contributed by atoms with E-state index >= 15 is 0 Å². The lowest BCUT2D eigenvalue weighted by Crippen LogP contribution is -1.88. The lowest BCUT2D eigenvalue weighted by Gasteiger charge is -2.03. The molecule has 3 nitrogen and oxygen atoms in total. The molecule has 20 heavy (non-hydrogen) atoms. The average molecular weight is 268 g/mol. The van der Waals surface area contributed by atoms with Crippen molar-refractivity contribution in [1.29, 1.82) is 0 Å². The van der Waals surface area contributed by atoms with Crippen LogP contribution in [-0.2, 0) is 0 Å². The Bertz CT molecular complexity index is 730. The molecule has 4 heteroatoms. The van der Waals surface area contributed by atoms with Crippen LogP contribution in [0.4, 0.5) is 10.3 Å². The van der Waals surface area contributed by atoms with Crippen molar-refractivity contribution in [2.24, 2.45) is 0 Å². The summed E-state index contributed by atoms with van der Waals surface area (Å²) in [7, 11) is 0. The van der Waals surface area contributed by atoms with Crippen LogP contribution in [0, 0.1) is 12.7 Å². The Labute approximate surface area is 115 Å². The fourth-order valence-electron chi connectivity index (χ4n) is 2.11. The van der Waals surface area contributed by atoms with Gasteiger partial charge in [0.2, 0.25) is 5.88 Å². The molecular formula is C16H13FN2O. The molecule has 3 rings (SSSR count).